The van der Waals surface area contributed by atoms with Gasteiger partial charge in [-0.1, -0.05) is 20.8 Å². The van der Waals surface area contributed by atoms with Crippen molar-refractivity contribution in [2.75, 3.05) is 6.54 Å². The van der Waals surface area contributed by atoms with Crippen LogP contribution in [0.15, 0.2) is 0 Å². The normalized spacial score (nSPS) is 27.2. The lowest BCUT2D eigenvalue weighted by Crippen LogP contribution is -2.58. The Balaban J connectivity index is 2.15. The number of aliphatic carboxylic acids is 1. The van der Waals surface area contributed by atoms with Crippen molar-refractivity contribution in [2.24, 2.45) is 17.3 Å². The number of alkyl carbamates (subject to hydrolysis) is 1. The second-order valence-corrected chi connectivity index (χ2v) is 8.88. The first-order valence-electron chi connectivity index (χ1n) is 8.34. The van der Waals surface area contributed by atoms with Gasteiger partial charge in [-0.3, -0.25) is 4.79 Å². The van der Waals surface area contributed by atoms with Gasteiger partial charge in [-0.05, 0) is 44.4 Å². The third-order valence-corrected chi connectivity index (χ3v) is 4.46. The van der Waals surface area contributed by atoms with Crippen LogP contribution >= 0.6 is 0 Å². The minimum absolute atomic E-state index is 0.0496. The number of likely N-dealkylation sites (tertiary alicyclic amines) is 1. The van der Waals surface area contributed by atoms with Crippen molar-refractivity contribution >= 4 is 18.0 Å². The van der Waals surface area contributed by atoms with Crippen LogP contribution in [-0.4, -0.2) is 52.2 Å². The monoisotopic (exact) mass is 340 g/mol. The van der Waals surface area contributed by atoms with Crippen LogP contribution in [0.4, 0.5) is 4.79 Å². The van der Waals surface area contributed by atoms with Crippen molar-refractivity contribution in [3.63, 3.8) is 0 Å². The lowest BCUT2D eigenvalue weighted by atomic mass is 9.85. The smallest absolute Gasteiger partial charge is 0.408 e. The van der Waals surface area contributed by atoms with E-state index in [0.29, 0.717) is 6.54 Å². The molecule has 0 aromatic carbocycles. The molecule has 2 rings (SSSR count). The van der Waals surface area contributed by atoms with Crippen LogP contribution in [0, 0.1) is 17.3 Å². The van der Waals surface area contributed by atoms with Gasteiger partial charge in [0.15, 0.2) is 0 Å². The SMILES string of the molecule is CC(C)(C)OC(=O)N[C@H](C(=O)N1C[C@@H]2C[C@@H]2[C@H]1C(=O)O)C(C)(C)C. The lowest BCUT2D eigenvalue weighted by molar-refractivity contribution is -0.151. The zero-order valence-electron chi connectivity index (χ0n) is 15.3. The summed E-state index contributed by atoms with van der Waals surface area (Å²) in [6.07, 6.45) is 0.187. The largest absolute Gasteiger partial charge is 0.480 e. The third kappa shape index (κ3) is 3.99. The van der Waals surface area contributed by atoms with E-state index in [-0.39, 0.29) is 17.7 Å². The molecular formula is C17H28N2O5. The van der Waals surface area contributed by atoms with Gasteiger partial charge in [0.25, 0.3) is 0 Å². The Morgan fingerprint density at radius 2 is 1.75 bits per heavy atom. The molecule has 0 spiro atoms. The minimum Gasteiger partial charge on any atom is -0.480 e. The number of hydrogen-bond donors (Lipinski definition) is 2. The third-order valence-electron chi connectivity index (χ3n) is 4.46. The van der Waals surface area contributed by atoms with E-state index in [4.69, 9.17) is 4.74 Å². The van der Waals surface area contributed by atoms with Gasteiger partial charge < -0.3 is 20.1 Å². The fourth-order valence-electron chi connectivity index (χ4n) is 3.25. The predicted molar refractivity (Wildman–Crippen MR) is 87.3 cm³/mol. The summed E-state index contributed by atoms with van der Waals surface area (Å²) >= 11 is 0. The fourth-order valence-corrected chi connectivity index (χ4v) is 3.25. The Kier molecular flexibility index (Phi) is 4.59. The van der Waals surface area contributed by atoms with E-state index < -0.39 is 35.2 Å². The van der Waals surface area contributed by atoms with E-state index in [1.165, 1.54) is 4.90 Å². The molecule has 7 nitrogen and oxygen atoms in total. The first-order valence-corrected chi connectivity index (χ1v) is 8.34. The average molecular weight is 340 g/mol. The number of fused-ring (bicyclic) bond motifs is 1. The van der Waals surface area contributed by atoms with Gasteiger partial charge in [0, 0.05) is 6.54 Å². The molecule has 136 valence electrons. The van der Waals surface area contributed by atoms with Gasteiger partial charge in [0.2, 0.25) is 5.91 Å². The van der Waals surface area contributed by atoms with E-state index in [0.717, 1.165) is 6.42 Å². The highest BCUT2D eigenvalue weighted by Gasteiger charge is 2.58. The van der Waals surface area contributed by atoms with E-state index >= 15 is 0 Å². The van der Waals surface area contributed by atoms with Crippen molar-refractivity contribution in [1.29, 1.82) is 0 Å². The van der Waals surface area contributed by atoms with Crippen LogP contribution < -0.4 is 5.32 Å². The number of hydrogen-bond acceptors (Lipinski definition) is 4. The Labute approximate surface area is 142 Å². The quantitative estimate of drug-likeness (QED) is 0.817. The molecule has 0 bridgehead atoms. The lowest BCUT2D eigenvalue weighted by Gasteiger charge is -2.36. The zero-order valence-corrected chi connectivity index (χ0v) is 15.3. The topological polar surface area (TPSA) is 95.9 Å². The molecule has 0 unspecified atom stereocenters. The molecule has 1 aliphatic carbocycles. The summed E-state index contributed by atoms with van der Waals surface area (Å²) in [4.78, 5) is 38.0. The fraction of sp³-hybridized carbons (Fsp3) is 0.824. The maximum Gasteiger partial charge on any atom is 0.408 e. The molecular weight excluding hydrogens is 312 g/mol. The van der Waals surface area contributed by atoms with Crippen LogP contribution in [0.3, 0.4) is 0 Å². The van der Waals surface area contributed by atoms with Gasteiger partial charge in [-0.25, -0.2) is 9.59 Å². The zero-order chi connectivity index (χ0) is 18.4. The molecule has 1 saturated heterocycles. The Morgan fingerprint density at radius 3 is 2.21 bits per heavy atom. The van der Waals surface area contributed by atoms with E-state index in [2.05, 4.69) is 5.32 Å². The number of nitrogens with zero attached hydrogens (tertiary/aromatic N) is 1. The first-order chi connectivity index (χ1) is 10.8. The molecule has 1 saturated carbocycles. The van der Waals surface area contributed by atoms with Crippen molar-refractivity contribution in [2.45, 2.75) is 65.6 Å². The van der Waals surface area contributed by atoms with Crippen molar-refractivity contribution in [3.8, 4) is 0 Å². The van der Waals surface area contributed by atoms with Crippen LogP contribution in [0.1, 0.15) is 48.0 Å². The van der Waals surface area contributed by atoms with Gasteiger partial charge in [-0.2, -0.15) is 0 Å². The second-order valence-electron chi connectivity index (χ2n) is 8.88. The molecule has 2 amide bonds. The predicted octanol–water partition coefficient (Wildman–Crippen LogP) is 1.86. The van der Waals surface area contributed by atoms with Gasteiger partial charge in [0.1, 0.15) is 17.7 Å². The van der Waals surface area contributed by atoms with Crippen molar-refractivity contribution in [1.82, 2.24) is 10.2 Å². The molecule has 2 aliphatic rings. The number of carbonyl (C=O) groups excluding carboxylic acids is 2. The number of carboxylic acid groups (broad SMARTS) is 1. The maximum atomic E-state index is 13.0. The number of rotatable bonds is 3. The average Bonchev–Trinajstić information content (AvgIpc) is 3.01. The molecule has 1 aliphatic heterocycles. The van der Waals surface area contributed by atoms with Crippen LogP contribution in [0.2, 0.25) is 0 Å². The van der Waals surface area contributed by atoms with E-state index in [1.807, 2.05) is 20.8 Å². The first kappa shape index (κ1) is 18.5. The summed E-state index contributed by atoms with van der Waals surface area (Å²) in [5.41, 5.74) is -1.24. The van der Waals surface area contributed by atoms with Crippen molar-refractivity contribution in [3.05, 3.63) is 0 Å². The summed E-state index contributed by atoms with van der Waals surface area (Å²) in [6, 6.07) is -1.63. The Hall–Kier alpha value is -1.79. The number of ether oxygens (including phenoxy) is 1. The summed E-state index contributed by atoms with van der Waals surface area (Å²) in [6.45, 7) is 11.2. The molecule has 24 heavy (non-hydrogen) atoms. The van der Waals surface area contributed by atoms with Crippen LogP contribution in [-0.2, 0) is 14.3 Å². The summed E-state index contributed by atoms with van der Waals surface area (Å²) in [5, 5.41) is 12.1. The van der Waals surface area contributed by atoms with Crippen LogP contribution in [0.25, 0.3) is 0 Å². The maximum absolute atomic E-state index is 13.0. The van der Waals surface area contributed by atoms with E-state index in [9.17, 15) is 19.5 Å². The number of nitrogens with one attached hydrogen (secondary N) is 1. The highest BCUT2D eigenvalue weighted by molar-refractivity contribution is 5.91. The molecule has 0 aromatic rings. The minimum atomic E-state index is -0.974. The Bertz CT molecular complexity index is 546. The molecule has 4 atom stereocenters. The standard InChI is InChI=1S/C17H28N2O5/c1-16(2,3)12(18-15(23)24-17(4,5)6)13(20)19-8-9-7-10(9)11(19)14(21)22/h9-12H,7-8H2,1-6H3,(H,18,23)(H,21,22)/t9-,10-,11-,12+/m0/s1. The second kappa shape index (κ2) is 5.93. The molecule has 0 aromatic heterocycles. The van der Waals surface area contributed by atoms with Gasteiger partial charge >= 0.3 is 12.1 Å². The van der Waals surface area contributed by atoms with Crippen molar-refractivity contribution < 1.29 is 24.2 Å². The molecule has 7 heteroatoms. The molecule has 2 N–H and O–H groups in total. The van der Waals surface area contributed by atoms with Gasteiger partial charge in [0.05, 0.1) is 0 Å². The summed E-state index contributed by atoms with van der Waals surface area (Å²) < 4.78 is 5.24. The summed E-state index contributed by atoms with van der Waals surface area (Å²) in [5.74, 6) is -1.00. The van der Waals surface area contributed by atoms with E-state index in [1.54, 1.807) is 20.8 Å². The highest BCUT2D eigenvalue weighted by atomic mass is 16.6. The van der Waals surface area contributed by atoms with Gasteiger partial charge in [-0.15, -0.1) is 0 Å². The Morgan fingerprint density at radius 1 is 1.17 bits per heavy atom. The number of piperidine rings is 1. The molecule has 1 heterocycles. The van der Waals surface area contributed by atoms with Crippen LogP contribution in [0.5, 0.6) is 0 Å². The number of amides is 2. The molecule has 0 radical (unpaired) electrons. The summed E-state index contributed by atoms with van der Waals surface area (Å²) in [7, 11) is 0. The highest BCUT2D eigenvalue weighted by Crippen LogP contribution is 2.50. The number of carboxylic acids is 1. The number of carbonyl (C=O) groups is 3. The molecule has 2 fully saturated rings.